The van der Waals surface area contributed by atoms with Crippen molar-refractivity contribution in [2.75, 3.05) is 16.5 Å². The Balaban J connectivity index is 1.71. The first-order chi connectivity index (χ1) is 11.9. The molecule has 4 nitrogen and oxygen atoms in total. The van der Waals surface area contributed by atoms with E-state index in [9.17, 15) is 0 Å². The largest absolute Gasteiger partial charge is 0.446 e. The first-order valence-electron chi connectivity index (χ1n) is 7.93. The van der Waals surface area contributed by atoms with Crippen LogP contribution in [0.4, 0.5) is 22.9 Å². The second kappa shape index (κ2) is 5.13. The SMILES string of the molecule is c1ccc(N2CN(c3ccccc3)c3nc4occc4cc32)cc1. The van der Waals surface area contributed by atoms with Crippen LogP contribution in [0.3, 0.4) is 0 Å². The zero-order chi connectivity index (χ0) is 15.9. The number of pyridine rings is 1. The van der Waals surface area contributed by atoms with Crippen LogP contribution in [0.5, 0.6) is 0 Å². The Labute approximate surface area is 139 Å². The predicted molar refractivity (Wildman–Crippen MR) is 96.0 cm³/mol. The van der Waals surface area contributed by atoms with Crippen LogP contribution in [0.15, 0.2) is 83.5 Å². The van der Waals surface area contributed by atoms with Gasteiger partial charge in [-0.25, -0.2) is 0 Å². The fourth-order valence-corrected chi connectivity index (χ4v) is 3.20. The van der Waals surface area contributed by atoms with Gasteiger partial charge in [0.25, 0.3) is 0 Å². The molecule has 0 fully saturated rings. The third-order valence-corrected chi connectivity index (χ3v) is 4.37. The number of benzene rings is 2. The van der Waals surface area contributed by atoms with Crippen molar-refractivity contribution >= 4 is 34.0 Å². The molecular formula is C20H15N3O. The van der Waals surface area contributed by atoms with Gasteiger partial charge in [-0.2, -0.15) is 4.98 Å². The molecule has 116 valence electrons. The molecular weight excluding hydrogens is 298 g/mol. The molecule has 24 heavy (non-hydrogen) atoms. The van der Waals surface area contributed by atoms with Gasteiger partial charge in [-0.3, -0.25) is 0 Å². The highest BCUT2D eigenvalue weighted by molar-refractivity contribution is 5.91. The molecule has 0 bridgehead atoms. The summed E-state index contributed by atoms with van der Waals surface area (Å²) in [4.78, 5) is 9.26. The molecule has 4 aromatic rings. The molecule has 0 aliphatic carbocycles. The summed E-state index contributed by atoms with van der Waals surface area (Å²) in [6.07, 6.45) is 1.69. The van der Waals surface area contributed by atoms with E-state index in [2.05, 4.69) is 52.3 Å². The molecule has 2 aromatic carbocycles. The maximum Gasteiger partial charge on any atom is 0.227 e. The topological polar surface area (TPSA) is 32.5 Å². The van der Waals surface area contributed by atoms with E-state index in [1.54, 1.807) is 6.26 Å². The van der Waals surface area contributed by atoms with Gasteiger partial charge in [-0.05, 0) is 36.4 Å². The lowest BCUT2D eigenvalue weighted by atomic mass is 10.2. The Hall–Kier alpha value is -3.27. The second-order valence-corrected chi connectivity index (χ2v) is 5.81. The average Bonchev–Trinajstić information content (AvgIpc) is 3.25. The van der Waals surface area contributed by atoms with Crippen molar-refractivity contribution in [3.8, 4) is 0 Å². The van der Waals surface area contributed by atoms with Crippen LogP contribution < -0.4 is 9.80 Å². The molecule has 0 saturated heterocycles. The molecule has 0 atom stereocenters. The number of nitrogens with zero attached hydrogens (tertiary/aromatic N) is 3. The fourth-order valence-electron chi connectivity index (χ4n) is 3.20. The summed E-state index contributed by atoms with van der Waals surface area (Å²) in [6.45, 7) is 0.725. The molecule has 1 aliphatic rings. The van der Waals surface area contributed by atoms with E-state index in [-0.39, 0.29) is 0 Å². The van der Waals surface area contributed by atoms with E-state index in [1.807, 2.05) is 30.3 Å². The van der Waals surface area contributed by atoms with Crippen LogP contribution in [0.2, 0.25) is 0 Å². The van der Waals surface area contributed by atoms with Crippen LogP contribution in [-0.4, -0.2) is 11.7 Å². The number of furan rings is 1. The van der Waals surface area contributed by atoms with Gasteiger partial charge in [0.05, 0.1) is 12.0 Å². The minimum atomic E-state index is 0.671. The number of rotatable bonds is 2. The van der Waals surface area contributed by atoms with E-state index in [1.165, 1.54) is 0 Å². The Morgan fingerprint density at radius 3 is 2.17 bits per heavy atom. The molecule has 2 aromatic heterocycles. The van der Waals surface area contributed by atoms with Gasteiger partial charge in [-0.15, -0.1) is 0 Å². The van der Waals surface area contributed by atoms with E-state index >= 15 is 0 Å². The van der Waals surface area contributed by atoms with Crippen LogP contribution >= 0.6 is 0 Å². The number of para-hydroxylation sites is 2. The van der Waals surface area contributed by atoms with E-state index in [4.69, 9.17) is 9.40 Å². The highest BCUT2D eigenvalue weighted by Crippen LogP contribution is 2.44. The summed E-state index contributed by atoms with van der Waals surface area (Å²) in [6, 6.07) is 24.8. The Morgan fingerprint density at radius 2 is 1.46 bits per heavy atom. The van der Waals surface area contributed by atoms with Crippen molar-refractivity contribution in [1.29, 1.82) is 0 Å². The summed E-state index contributed by atoms with van der Waals surface area (Å²) >= 11 is 0. The number of aromatic nitrogens is 1. The number of hydrogen-bond donors (Lipinski definition) is 0. The molecule has 0 amide bonds. The summed E-state index contributed by atoms with van der Waals surface area (Å²) in [7, 11) is 0. The molecule has 0 saturated carbocycles. The fraction of sp³-hybridized carbons (Fsp3) is 0.0500. The Kier molecular flexibility index (Phi) is 2.82. The van der Waals surface area contributed by atoms with Crippen LogP contribution in [0, 0.1) is 0 Å². The zero-order valence-corrected chi connectivity index (χ0v) is 13.0. The van der Waals surface area contributed by atoms with Gasteiger partial charge in [0.2, 0.25) is 5.71 Å². The van der Waals surface area contributed by atoms with Gasteiger partial charge in [0, 0.05) is 16.8 Å². The Bertz CT molecular complexity index is 916. The maximum atomic E-state index is 5.51. The number of hydrogen-bond acceptors (Lipinski definition) is 4. The summed E-state index contributed by atoms with van der Waals surface area (Å²) in [5.41, 5.74) is 4.04. The lowest BCUT2D eigenvalue weighted by molar-refractivity contribution is 0.603. The predicted octanol–water partition coefficient (Wildman–Crippen LogP) is 5.08. The number of fused-ring (bicyclic) bond motifs is 2. The van der Waals surface area contributed by atoms with Gasteiger partial charge in [0.1, 0.15) is 6.67 Å². The Morgan fingerprint density at radius 1 is 0.792 bits per heavy atom. The first-order valence-corrected chi connectivity index (χ1v) is 7.93. The van der Waals surface area contributed by atoms with Crippen molar-refractivity contribution in [2.24, 2.45) is 0 Å². The van der Waals surface area contributed by atoms with Gasteiger partial charge < -0.3 is 14.2 Å². The second-order valence-electron chi connectivity index (χ2n) is 5.81. The minimum Gasteiger partial charge on any atom is -0.446 e. The lowest BCUT2D eigenvalue weighted by Gasteiger charge is -2.21. The molecule has 0 N–H and O–H groups in total. The molecule has 5 rings (SSSR count). The van der Waals surface area contributed by atoms with Crippen LogP contribution in [0.25, 0.3) is 11.1 Å². The van der Waals surface area contributed by atoms with E-state index < -0.39 is 0 Å². The van der Waals surface area contributed by atoms with Crippen molar-refractivity contribution in [2.45, 2.75) is 0 Å². The molecule has 3 heterocycles. The number of anilines is 4. The van der Waals surface area contributed by atoms with Gasteiger partial charge in [-0.1, -0.05) is 36.4 Å². The molecule has 1 aliphatic heterocycles. The first kappa shape index (κ1) is 13.2. The van der Waals surface area contributed by atoms with E-state index in [0.29, 0.717) is 5.71 Å². The highest BCUT2D eigenvalue weighted by atomic mass is 16.3. The third-order valence-electron chi connectivity index (χ3n) is 4.37. The maximum absolute atomic E-state index is 5.51. The van der Waals surface area contributed by atoms with Crippen LogP contribution in [-0.2, 0) is 0 Å². The molecule has 0 spiro atoms. The summed E-state index contributed by atoms with van der Waals surface area (Å²) in [5.74, 6) is 0.924. The van der Waals surface area contributed by atoms with Gasteiger partial charge in [0.15, 0.2) is 5.82 Å². The zero-order valence-electron chi connectivity index (χ0n) is 13.0. The van der Waals surface area contributed by atoms with Crippen molar-refractivity contribution < 1.29 is 4.42 Å². The van der Waals surface area contributed by atoms with Gasteiger partial charge >= 0.3 is 0 Å². The van der Waals surface area contributed by atoms with Crippen molar-refractivity contribution in [3.05, 3.63) is 79.1 Å². The van der Waals surface area contributed by atoms with E-state index in [0.717, 1.165) is 34.9 Å². The average molecular weight is 313 g/mol. The molecule has 4 heteroatoms. The van der Waals surface area contributed by atoms with Crippen molar-refractivity contribution in [3.63, 3.8) is 0 Å². The molecule has 0 radical (unpaired) electrons. The van der Waals surface area contributed by atoms with Crippen molar-refractivity contribution in [1.82, 2.24) is 4.98 Å². The smallest absolute Gasteiger partial charge is 0.227 e. The lowest BCUT2D eigenvalue weighted by Crippen LogP contribution is -2.24. The quantitative estimate of drug-likeness (QED) is 0.517. The third kappa shape index (κ3) is 1.97. The molecule has 0 unspecified atom stereocenters. The summed E-state index contributed by atoms with van der Waals surface area (Å²) in [5, 5.41) is 1.02. The standard InChI is InChI=1S/C20H15N3O/c1-3-7-16(8-4-1)22-14-23(17-9-5-2-6-10-17)19-18(22)13-15-11-12-24-20(15)21-19/h1-13H,14H2. The normalized spacial score (nSPS) is 13.5. The minimum absolute atomic E-state index is 0.671. The monoisotopic (exact) mass is 313 g/mol. The van der Waals surface area contributed by atoms with Crippen LogP contribution in [0.1, 0.15) is 0 Å². The summed E-state index contributed by atoms with van der Waals surface area (Å²) < 4.78 is 5.51. The highest BCUT2D eigenvalue weighted by Gasteiger charge is 2.30.